The van der Waals surface area contributed by atoms with Crippen LogP contribution in [-0.4, -0.2) is 15.3 Å². The van der Waals surface area contributed by atoms with Crippen LogP contribution in [0.5, 0.6) is 0 Å². The summed E-state index contributed by atoms with van der Waals surface area (Å²) < 4.78 is 0. The number of aliphatic hydroxyl groups is 3. The number of aliphatic hydroxyl groups excluding tert-OH is 3. The van der Waals surface area contributed by atoms with Crippen molar-refractivity contribution in [2.24, 2.45) is 0 Å². The molecule has 0 amide bonds. The highest BCUT2D eigenvalue weighted by atomic mass is 16.3. The van der Waals surface area contributed by atoms with E-state index in [0.29, 0.717) is 0 Å². The zero-order chi connectivity index (χ0) is 30.0. The number of hydrogen-bond donors (Lipinski definition) is 3. The van der Waals surface area contributed by atoms with Crippen molar-refractivity contribution in [2.45, 2.75) is 124 Å². The van der Waals surface area contributed by atoms with E-state index in [1.54, 1.807) is 0 Å². The summed E-state index contributed by atoms with van der Waals surface area (Å²) >= 11 is 0. The summed E-state index contributed by atoms with van der Waals surface area (Å²) in [7, 11) is 0. The van der Waals surface area contributed by atoms with Crippen molar-refractivity contribution in [1.29, 1.82) is 0 Å². The second kappa shape index (κ2) is 12.2. The van der Waals surface area contributed by atoms with Crippen LogP contribution in [0.2, 0.25) is 0 Å². The fraction of sp³-hybridized carbons (Fsp3) is 0.514. The molecule has 3 nitrogen and oxygen atoms in total. The molecule has 0 aromatic heterocycles. The smallest absolute Gasteiger partial charge is 0.0684 e. The third-order valence-electron chi connectivity index (χ3n) is 8.42. The maximum absolute atomic E-state index is 10.5. The van der Waals surface area contributed by atoms with Gasteiger partial charge in [0.15, 0.2) is 0 Å². The molecule has 218 valence electrons. The van der Waals surface area contributed by atoms with Crippen molar-refractivity contribution in [1.82, 2.24) is 0 Å². The normalized spacial score (nSPS) is 13.7. The van der Waals surface area contributed by atoms with Gasteiger partial charge in [-0.3, -0.25) is 0 Å². The van der Waals surface area contributed by atoms with E-state index in [1.165, 1.54) is 16.7 Å². The molecule has 1 unspecified atom stereocenters. The van der Waals surface area contributed by atoms with Crippen LogP contribution >= 0.6 is 0 Å². The van der Waals surface area contributed by atoms with E-state index in [1.807, 2.05) is 0 Å². The number of rotatable bonds is 8. The van der Waals surface area contributed by atoms with Gasteiger partial charge in [0, 0.05) is 5.92 Å². The Morgan fingerprint density at radius 2 is 0.800 bits per heavy atom. The van der Waals surface area contributed by atoms with Crippen molar-refractivity contribution in [3.05, 3.63) is 105 Å². The minimum absolute atomic E-state index is 0.00193. The standard InChI is InChI=1S/C37H52O3/c1-24(31-18-28(35(2,3)4)14-11-25(31)21-38)17-34(32-19-29(36(5,6)7)15-12-26(32)22-39)33-20-30(37(8,9)10)16-13-27(33)23-40/h11-16,18-20,24,34,38-40H,17,21-23H2,1-10H3. The monoisotopic (exact) mass is 544 g/mol. The quantitative estimate of drug-likeness (QED) is 0.267. The van der Waals surface area contributed by atoms with Gasteiger partial charge in [-0.15, -0.1) is 0 Å². The Bertz CT molecular complexity index is 1230. The Morgan fingerprint density at radius 3 is 1.10 bits per heavy atom. The van der Waals surface area contributed by atoms with Gasteiger partial charge < -0.3 is 15.3 Å². The summed E-state index contributed by atoms with van der Waals surface area (Å²) in [6.07, 6.45) is 0.780. The van der Waals surface area contributed by atoms with Gasteiger partial charge in [-0.2, -0.15) is 0 Å². The van der Waals surface area contributed by atoms with Crippen LogP contribution in [0.1, 0.15) is 138 Å². The molecule has 0 heterocycles. The maximum atomic E-state index is 10.5. The molecule has 0 saturated heterocycles. The fourth-order valence-corrected chi connectivity index (χ4v) is 5.63. The molecule has 0 spiro atoms. The van der Waals surface area contributed by atoms with Crippen LogP contribution in [0.3, 0.4) is 0 Å². The topological polar surface area (TPSA) is 60.7 Å². The molecular formula is C37H52O3. The van der Waals surface area contributed by atoms with Crippen LogP contribution in [-0.2, 0) is 36.1 Å². The van der Waals surface area contributed by atoms with Gasteiger partial charge in [0.1, 0.15) is 0 Å². The predicted molar refractivity (Wildman–Crippen MR) is 168 cm³/mol. The molecule has 3 aromatic rings. The Kier molecular flexibility index (Phi) is 9.77. The lowest BCUT2D eigenvalue weighted by Crippen LogP contribution is -2.18. The van der Waals surface area contributed by atoms with E-state index in [9.17, 15) is 15.3 Å². The molecule has 0 saturated carbocycles. The summed E-state index contributed by atoms with van der Waals surface area (Å²) in [5.74, 6) is 0.0813. The molecular weight excluding hydrogens is 492 g/mol. The molecule has 1 atom stereocenters. The third kappa shape index (κ3) is 7.24. The van der Waals surface area contributed by atoms with Crippen molar-refractivity contribution < 1.29 is 15.3 Å². The molecule has 0 aliphatic carbocycles. The first-order valence-electron chi connectivity index (χ1n) is 14.7. The van der Waals surface area contributed by atoms with Gasteiger partial charge in [0.05, 0.1) is 19.8 Å². The molecule has 0 bridgehead atoms. The van der Waals surface area contributed by atoms with Gasteiger partial charge >= 0.3 is 0 Å². The van der Waals surface area contributed by atoms with Gasteiger partial charge in [-0.1, -0.05) is 124 Å². The lowest BCUT2D eigenvalue weighted by molar-refractivity contribution is 0.277. The molecule has 3 aromatic carbocycles. The van der Waals surface area contributed by atoms with E-state index in [2.05, 4.69) is 124 Å². The number of hydrogen-bond acceptors (Lipinski definition) is 3. The van der Waals surface area contributed by atoms with Crippen molar-refractivity contribution in [2.75, 3.05) is 0 Å². The molecule has 3 heteroatoms. The lowest BCUT2D eigenvalue weighted by Gasteiger charge is -2.31. The highest BCUT2D eigenvalue weighted by Gasteiger charge is 2.28. The van der Waals surface area contributed by atoms with Crippen molar-refractivity contribution in [3.63, 3.8) is 0 Å². The van der Waals surface area contributed by atoms with Crippen molar-refractivity contribution in [3.8, 4) is 0 Å². The summed E-state index contributed by atoms with van der Waals surface area (Å²) in [5, 5.41) is 31.3. The largest absolute Gasteiger partial charge is 0.392 e. The molecule has 3 rings (SSSR count). The maximum Gasteiger partial charge on any atom is 0.0684 e. The summed E-state index contributed by atoms with van der Waals surface area (Å²) in [6, 6.07) is 19.4. The van der Waals surface area contributed by atoms with Crippen LogP contribution in [0.25, 0.3) is 0 Å². The summed E-state index contributed by atoms with van der Waals surface area (Å²) in [4.78, 5) is 0. The minimum atomic E-state index is -0.0475. The average molecular weight is 545 g/mol. The molecule has 0 aliphatic heterocycles. The number of benzene rings is 3. The van der Waals surface area contributed by atoms with Crippen molar-refractivity contribution >= 4 is 0 Å². The van der Waals surface area contributed by atoms with E-state index in [0.717, 1.165) is 39.8 Å². The second-order valence-electron chi connectivity index (χ2n) is 14.7. The highest BCUT2D eigenvalue weighted by Crippen LogP contribution is 2.42. The minimum Gasteiger partial charge on any atom is -0.392 e. The van der Waals surface area contributed by atoms with E-state index in [4.69, 9.17) is 0 Å². The Morgan fingerprint density at radius 1 is 0.500 bits per heavy atom. The van der Waals surface area contributed by atoms with E-state index < -0.39 is 0 Å². The van der Waals surface area contributed by atoms with Crippen LogP contribution in [0, 0.1) is 0 Å². The van der Waals surface area contributed by atoms with Gasteiger partial charge in [0.2, 0.25) is 0 Å². The van der Waals surface area contributed by atoms with E-state index >= 15 is 0 Å². The fourth-order valence-electron chi connectivity index (χ4n) is 5.63. The molecule has 0 fully saturated rings. The van der Waals surface area contributed by atoms with Gasteiger partial charge in [0.25, 0.3) is 0 Å². The Labute approximate surface area is 243 Å². The van der Waals surface area contributed by atoms with E-state index in [-0.39, 0.29) is 47.9 Å². The predicted octanol–water partition coefficient (Wildman–Crippen LogP) is 8.38. The molecule has 40 heavy (non-hydrogen) atoms. The van der Waals surface area contributed by atoms with Gasteiger partial charge in [-0.25, -0.2) is 0 Å². The zero-order valence-corrected chi connectivity index (χ0v) is 26.5. The Hall–Kier alpha value is -2.46. The first-order chi connectivity index (χ1) is 18.5. The SMILES string of the molecule is CC(CC(c1cc(C(C)(C)C)ccc1CO)c1cc(C(C)(C)C)ccc1CO)c1cc(C(C)(C)C)ccc1CO. The molecule has 0 radical (unpaired) electrons. The highest BCUT2D eigenvalue weighted by molar-refractivity contribution is 5.47. The Balaban J connectivity index is 2.29. The van der Waals surface area contributed by atoms with Crippen LogP contribution in [0.4, 0.5) is 0 Å². The summed E-state index contributed by atoms with van der Waals surface area (Å²) in [5.41, 5.74) is 9.78. The lowest BCUT2D eigenvalue weighted by atomic mass is 9.74. The van der Waals surface area contributed by atoms with Gasteiger partial charge in [-0.05, 0) is 78.7 Å². The molecule has 0 aliphatic rings. The second-order valence-corrected chi connectivity index (χ2v) is 14.7. The summed E-state index contributed by atoms with van der Waals surface area (Å²) in [6.45, 7) is 22.1. The third-order valence-corrected chi connectivity index (χ3v) is 8.42. The molecule has 3 N–H and O–H groups in total. The van der Waals surface area contributed by atoms with Crippen LogP contribution < -0.4 is 0 Å². The first-order valence-corrected chi connectivity index (χ1v) is 14.7. The first kappa shape index (κ1) is 32.1. The average Bonchev–Trinajstić information content (AvgIpc) is 2.88. The van der Waals surface area contributed by atoms with Crippen LogP contribution in [0.15, 0.2) is 54.6 Å². The zero-order valence-electron chi connectivity index (χ0n) is 26.5.